The summed E-state index contributed by atoms with van der Waals surface area (Å²) in [4.78, 5) is 6.34. The second-order valence-electron chi connectivity index (χ2n) is 5.26. The van der Waals surface area contributed by atoms with E-state index in [-0.39, 0.29) is 29.4 Å². The van der Waals surface area contributed by atoms with Gasteiger partial charge in [0.15, 0.2) is 5.96 Å². The molecule has 0 radical (unpaired) electrons. The highest BCUT2D eigenvalue weighted by molar-refractivity contribution is 14.0. The molecule has 0 aromatic carbocycles. The molecule has 0 aromatic heterocycles. The van der Waals surface area contributed by atoms with Gasteiger partial charge in [-0.2, -0.15) is 0 Å². The van der Waals surface area contributed by atoms with Crippen molar-refractivity contribution in [3.8, 4) is 0 Å². The molecule has 0 bridgehead atoms. The van der Waals surface area contributed by atoms with Gasteiger partial charge in [0.2, 0.25) is 0 Å². The van der Waals surface area contributed by atoms with Crippen LogP contribution in [0.2, 0.25) is 0 Å². The Kier molecular flexibility index (Phi) is 8.27. The third-order valence-corrected chi connectivity index (χ3v) is 4.41. The monoisotopic (exact) mass is 383 g/mol. The van der Waals surface area contributed by atoms with Crippen molar-refractivity contribution in [2.45, 2.75) is 52.2 Å². The van der Waals surface area contributed by atoms with Gasteiger partial charge in [0.25, 0.3) is 0 Å². The third kappa shape index (κ3) is 3.74. The van der Waals surface area contributed by atoms with Gasteiger partial charge < -0.3 is 15.0 Å². The van der Waals surface area contributed by atoms with Crippen LogP contribution in [0.25, 0.3) is 0 Å². The molecule has 1 fully saturated rings. The van der Waals surface area contributed by atoms with Crippen LogP contribution in [0.15, 0.2) is 4.99 Å². The average Bonchev–Trinajstić information content (AvgIpc) is 2.34. The fourth-order valence-corrected chi connectivity index (χ4v) is 3.13. The Bertz CT molecular complexity index is 290. The molecule has 2 unspecified atom stereocenters. The first-order valence-corrected chi connectivity index (χ1v) is 7.07. The maximum atomic E-state index is 5.89. The predicted molar refractivity (Wildman–Crippen MR) is 92.4 cm³/mol. The number of hydrogen-bond acceptors (Lipinski definition) is 2. The summed E-state index contributed by atoms with van der Waals surface area (Å²) < 4.78 is 5.89. The Labute approximate surface area is 135 Å². The van der Waals surface area contributed by atoms with Crippen LogP contribution >= 0.6 is 24.0 Å². The van der Waals surface area contributed by atoms with E-state index in [0.717, 1.165) is 31.8 Å². The normalized spacial score (nSPS) is 25.3. The minimum Gasteiger partial charge on any atom is -0.378 e. The average molecular weight is 383 g/mol. The van der Waals surface area contributed by atoms with Crippen molar-refractivity contribution in [3.05, 3.63) is 0 Å². The number of rotatable bonds is 5. The van der Waals surface area contributed by atoms with E-state index >= 15 is 0 Å². The van der Waals surface area contributed by atoms with Gasteiger partial charge in [0.05, 0.1) is 6.10 Å². The van der Waals surface area contributed by atoms with E-state index in [1.54, 1.807) is 0 Å². The number of guanidine groups is 1. The van der Waals surface area contributed by atoms with E-state index in [9.17, 15) is 0 Å². The summed E-state index contributed by atoms with van der Waals surface area (Å²) in [6.07, 6.45) is 3.78. The largest absolute Gasteiger partial charge is 0.378 e. The van der Waals surface area contributed by atoms with Gasteiger partial charge in [-0.1, -0.05) is 13.8 Å². The highest BCUT2D eigenvalue weighted by Crippen LogP contribution is 2.48. The summed E-state index contributed by atoms with van der Waals surface area (Å²) in [5, 5.41) is 3.58. The van der Waals surface area contributed by atoms with Gasteiger partial charge in [0, 0.05) is 39.2 Å². The van der Waals surface area contributed by atoms with Gasteiger partial charge in [-0.15, -0.1) is 24.0 Å². The highest BCUT2D eigenvalue weighted by Gasteiger charge is 2.53. The van der Waals surface area contributed by atoms with Crippen molar-refractivity contribution < 1.29 is 4.74 Å². The second kappa shape index (κ2) is 8.29. The fourth-order valence-electron chi connectivity index (χ4n) is 3.13. The summed E-state index contributed by atoms with van der Waals surface area (Å²) in [5.41, 5.74) is 0.266. The Balaban J connectivity index is 0.00000324. The number of nitrogens with one attached hydrogen (secondary N) is 1. The van der Waals surface area contributed by atoms with E-state index in [1.807, 2.05) is 26.0 Å². The summed E-state index contributed by atoms with van der Waals surface area (Å²) in [7, 11) is 5.88. The molecule has 19 heavy (non-hydrogen) atoms. The standard InChI is InChI=1S/C14H29N3O.HI/c1-7-14(8-2)11(10-12(14)18-9-3)16-13(15-4)17(5)6;/h11-12H,7-10H2,1-6H3,(H,15,16);1H. The molecule has 0 aliphatic heterocycles. The van der Waals surface area contributed by atoms with Crippen LogP contribution in [0.1, 0.15) is 40.0 Å². The lowest BCUT2D eigenvalue weighted by Crippen LogP contribution is -2.65. The molecule has 1 N–H and O–H groups in total. The zero-order chi connectivity index (χ0) is 13.8. The molecular formula is C14H30IN3O. The van der Waals surface area contributed by atoms with E-state index in [0.29, 0.717) is 12.1 Å². The summed E-state index contributed by atoms with van der Waals surface area (Å²) >= 11 is 0. The van der Waals surface area contributed by atoms with E-state index < -0.39 is 0 Å². The number of nitrogens with zero attached hydrogens (tertiary/aromatic N) is 2. The van der Waals surface area contributed by atoms with Gasteiger partial charge in [0.1, 0.15) is 0 Å². The van der Waals surface area contributed by atoms with Crippen LogP contribution < -0.4 is 5.32 Å². The maximum absolute atomic E-state index is 5.89. The van der Waals surface area contributed by atoms with Gasteiger partial charge in [-0.05, 0) is 26.2 Å². The molecule has 1 saturated carbocycles. The SMILES string of the molecule is CCOC1CC(NC(=NC)N(C)C)C1(CC)CC.I. The highest BCUT2D eigenvalue weighted by atomic mass is 127. The summed E-state index contributed by atoms with van der Waals surface area (Å²) in [6.45, 7) is 7.42. The first-order valence-electron chi connectivity index (χ1n) is 7.07. The van der Waals surface area contributed by atoms with Gasteiger partial charge in [-0.25, -0.2) is 0 Å². The third-order valence-electron chi connectivity index (χ3n) is 4.41. The molecule has 4 nitrogen and oxygen atoms in total. The smallest absolute Gasteiger partial charge is 0.193 e. The zero-order valence-electron chi connectivity index (χ0n) is 13.2. The lowest BCUT2D eigenvalue weighted by atomic mass is 9.58. The van der Waals surface area contributed by atoms with Crippen LogP contribution in [0.4, 0.5) is 0 Å². The maximum Gasteiger partial charge on any atom is 0.193 e. The van der Waals surface area contributed by atoms with Crippen molar-refractivity contribution in [1.82, 2.24) is 10.2 Å². The van der Waals surface area contributed by atoms with Crippen molar-refractivity contribution >= 4 is 29.9 Å². The van der Waals surface area contributed by atoms with Crippen molar-refractivity contribution in [2.24, 2.45) is 10.4 Å². The lowest BCUT2D eigenvalue weighted by molar-refractivity contribution is -0.133. The first kappa shape index (κ1) is 19.0. The molecule has 0 spiro atoms. The number of ether oxygens (including phenoxy) is 1. The van der Waals surface area contributed by atoms with Gasteiger partial charge in [-0.3, -0.25) is 4.99 Å². The molecule has 1 rings (SSSR count). The van der Waals surface area contributed by atoms with E-state index in [4.69, 9.17) is 4.74 Å². The predicted octanol–water partition coefficient (Wildman–Crippen LogP) is 2.73. The van der Waals surface area contributed by atoms with Crippen molar-refractivity contribution in [1.29, 1.82) is 0 Å². The fraction of sp³-hybridized carbons (Fsp3) is 0.929. The molecule has 114 valence electrons. The van der Waals surface area contributed by atoms with E-state index in [1.165, 1.54) is 0 Å². The first-order chi connectivity index (χ1) is 8.55. The number of aliphatic imine (C=N–C) groups is 1. The van der Waals surface area contributed by atoms with Crippen LogP contribution in [-0.4, -0.2) is 50.8 Å². The lowest BCUT2D eigenvalue weighted by Gasteiger charge is -2.55. The second-order valence-corrected chi connectivity index (χ2v) is 5.26. The van der Waals surface area contributed by atoms with Crippen LogP contribution in [0.3, 0.4) is 0 Å². The topological polar surface area (TPSA) is 36.9 Å². The molecule has 1 aliphatic rings. The van der Waals surface area contributed by atoms with E-state index in [2.05, 4.69) is 31.1 Å². The number of halogens is 1. The molecule has 1 aliphatic carbocycles. The van der Waals surface area contributed by atoms with Crippen molar-refractivity contribution in [2.75, 3.05) is 27.7 Å². The Hall–Kier alpha value is -0.0400. The summed E-state index contributed by atoms with van der Waals surface area (Å²) in [6, 6.07) is 0.477. The molecule has 2 atom stereocenters. The molecule has 0 saturated heterocycles. The molecule has 0 amide bonds. The van der Waals surface area contributed by atoms with Crippen LogP contribution in [-0.2, 0) is 4.74 Å². The molecular weight excluding hydrogens is 353 g/mol. The minimum atomic E-state index is 0. The minimum absolute atomic E-state index is 0. The zero-order valence-corrected chi connectivity index (χ0v) is 15.5. The molecule has 0 aromatic rings. The Morgan fingerprint density at radius 2 is 1.89 bits per heavy atom. The quantitative estimate of drug-likeness (QED) is 0.451. The molecule has 0 heterocycles. The Morgan fingerprint density at radius 3 is 2.26 bits per heavy atom. The Morgan fingerprint density at radius 1 is 1.32 bits per heavy atom. The summed E-state index contributed by atoms with van der Waals surface area (Å²) in [5.74, 6) is 0.959. The number of hydrogen-bond donors (Lipinski definition) is 1. The van der Waals surface area contributed by atoms with Crippen molar-refractivity contribution in [3.63, 3.8) is 0 Å². The van der Waals surface area contributed by atoms with Crippen LogP contribution in [0, 0.1) is 5.41 Å². The molecule has 5 heteroatoms. The van der Waals surface area contributed by atoms with Gasteiger partial charge >= 0.3 is 0 Å². The van der Waals surface area contributed by atoms with Crippen LogP contribution in [0.5, 0.6) is 0 Å².